The highest BCUT2D eigenvalue weighted by molar-refractivity contribution is 5.96. The molecule has 17 heteroatoms. The van der Waals surface area contributed by atoms with Crippen LogP contribution in [-0.2, 0) is 59.9 Å². The van der Waals surface area contributed by atoms with Crippen LogP contribution in [0.3, 0.4) is 0 Å². The lowest BCUT2D eigenvalue weighted by molar-refractivity contribution is -0.139. The zero-order chi connectivity index (χ0) is 79.5. The average Bonchev–Trinajstić information content (AvgIpc) is 1.74. The van der Waals surface area contributed by atoms with E-state index >= 15 is 14.4 Å². The van der Waals surface area contributed by atoms with Gasteiger partial charge in [0.05, 0.1) is 36.1 Å². The molecule has 1 aliphatic heterocycles. The summed E-state index contributed by atoms with van der Waals surface area (Å²) in [7, 11) is 0. The van der Waals surface area contributed by atoms with Crippen molar-refractivity contribution in [2.75, 3.05) is 19.6 Å². The normalized spacial score (nSPS) is 13.8. The van der Waals surface area contributed by atoms with Gasteiger partial charge in [0.2, 0.25) is 29.5 Å². The highest BCUT2D eigenvalue weighted by Crippen LogP contribution is 2.44. The van der Waals surface area contributed by atoms with E-state index in [4.69, 9.17) is 20.7 Å². The summed E-state index contributed by atoms with van der Waals surface area (Å²) < 4.78 is 6.16. The lowest BCUT2D eigenvalue weighted by Gasteiger charge is -2.37. The van der Waals surface area contributed by atoms with Crippen LogP contribution in [-0.4, -0.2) is 107 Å². The van der Waals surface area contributed by atoms with Gasteiger partial charge in [-0.15, -0.1) is 0 Å². The molecule has 115 heavy (non-hydrogen) atoms. The van der Waals surface area contributed by atoms with E-state index in [0.717, 1.165) is 75.8 Å². The Hall–Kier alpha value is -12.1. The third kappa shape index (κ3) is 18.9. The average molecular weight is 1530 g/mol. The van der Waals surface area contributed by atoms with Crippen molar-refractivity contribution in [3.8, 4) is 0 Å². The lowest BCUT2D eigenvalue weighted by Crippen LogP contribution is -2.59. The molecule has 17 nitrogen and oxygen atoms in total. The summed E-state index contributed by atoms with van der Waals surface area (Å²) >= 11 is 0. The number of nitrogens with zero attached hydrogens (tertiary/aromatic N) is 7. The molecule has 12 aromatic rings. The number of nitrogens with two attached hydrogens (primary N) is 1. The minimum absolute atomic E-state index is 0.0830. The third-order valence-corrected chi connectivity index (χ3v) is 22.7. The molecule has 0 radical (unpaired) electrons. The number of amides is 5. The van der Waals surface area contributed by atoms with Crippen molar-refractivity contribution < 1.29 is 24.0 Å². The Bertz CT molecular complexity index is 4700. The molecule has 9 aromatic carbocycles. The van der Waals surface area contributed by atoms with Gasteiger partial charge >= 0.3 is 0 Å². The predicted octanol–water partition coefficient (Wildman–Crippen LogP) is 15.8. The first-order chi connectivity index (χ1) is 56.5. The standard InChI is InChI=1S/C98H108N12O5/c1-2-3-4-5-6-7-8-9-10-11-12-13-41-62-91(111)110-65-42-61-90(110)95(115)106-89(68-86-71-109(74-103-86)98(81-55-35-20-36-56-81,82-57-37-21-38-58-82)83-59-39-22-40-60-83)94(114)105-88(67-85-70-108(73-102-85)97(78-49-29-17-30-50-78,79-51-31-18-32-52-79)80-53-33-19-34-54-80)93(113)104-87(92(112)100-64-63-99)66-84-69-107(72-101-84)96(75-43-23-14-24-44-75,76-45-25-15-26-46-76)77-47-27-16-28-48-77/h14-40,43-60,69-74,87-90H,2-13,41-42,61-68,99H2,1H3,(H,100,112)(H,104,113)(H,105,114)(H,106,115). The molecule has 1 saturated heterocycles. The van der Waals surface area contributed by atoms with Gasteiger partial charge in [-0.1, -0.05) is 357 Å². The Labute approximate surface area is 677 Å². The molecule has 1 fully saturated rings. The molecule has 6 N–H and O–H groups in total. The number of carbonyl (C=O) groups is 5. The van der Waals surface area contributed by atoms with E-state index in [-0.39, 0.29) is 38.3 Å². The number of benzene rings is 9. The second-order valence-electron chi connectivity index (χ2n) is 30.4. The summed E-state index contributed by atoms with van der Waals surface area (Å²) in [6, 6.07) is 86.8. The first kappa shape index (κ1) is 81.0. The number of hydrogen-bond acceptors (Lipinski definition) is 9. The summed E-state index contributed by atoms with van der Waals surface area (Å²) in [6.45, 7) is 2.88. The van der Waals surface area contributed by atoms with E-state index in [1.54, 1.807) is 23.9 Å². The van der Waals surface area contributed by atoms with Crippen LogP contribution in [0.1, 0.15) is 177 Å². The van der Waals surface area contributed by atoms with Crippen LogP contribution >= 0.6 is 0 Å². The van der Waals surface area contributed by atoms with Gasteiger partial charge in [0, 0.05) is 63.9 Å². The van der Waals surface area contributed by atoms with Gasteiger partial charge in [-0.2, -0.15) is 0 Å². The number of likely N-dealkylation sites (tertiary alicyclic amines) is 1. The molecule has 590 valence electrons. The van der Waals surface area contributed by atoms with Crippen LogP contribution in [0.15, 0.2) is 311 Å². The fourth-order valence-corrected chi connectivity index (χ4v) is 17.1. The minimum Gasteiger partial charge on any atom is -0.353 e. The van der Waals surface area contributed by atoms with Crippen LogP contribution in [0.2, 0.25) is 0 Å². The molecule has 0 bridgehead atoms. The molecule has 0 spiro atoms. The lowest BCUT2D eigenvalue weighted by atomic mass is 9.77. The van der Waals surface area contributed by atoms with E-state index in [2.05, 4.69) is 147 Å². The second kappa shape index (κ2) is 40.1. The number of carbonyl (C=O) groups excluding carboxylic acids is 5. The smallest absolute Gasteiger partial charge is 0.243 e. The number of rotatable bonds is 41. The van der Waals surface area contributed by atoms with Gasteiger partial charge in [-0.25, -0.2) is 15.0 Å². The first-order valence-electron chi connectivity index (χ1n) is 41.3. The van der Waals surface area contributed by atoms with Gasteiger partial charge in [0.25, 0.3) is 0 Å². The molecule has 0 aliphatic carbocycles. The number of hydrogen-bond donors (Lipinski definition) is 5. The van der Waals surface area contributed by atoms with E-state index in [1.807, 2.05) is 187 Å². The Morgan fingerprint density at radius 2 is 0.643 bits per heavy atom. The van der Waals surface area contributed by atoms with Crippen molar-refractivity contribution in [1.82, 2.24) is 54.8 Å². The van der Waals surface area contributed by atoms with Crippen molar-refractivity contribution >= 4 is 29.5 Å². The summed E-state index contributed by atoms with van der Waals surface area (Å²) in [6.07, 6.45) is 27.3. The molecule has 0 saturated carbocycles. The number of nitrogens with one attached hydrogen (secondary N) is 4. The number of aromatic nitrogens is 6. The summed E-state index contributed by atoms with van der Waals surface area (Å²) in [5.74, 6) is -2.53. The minimum atomic E-state index is -1.46. The van der Waals surface area contributed by atoms with Crippen LogP contribution in [0.5, 0.6) is 0 Å². The zero-order valence-corrected chi connectivity index (χ0v) is 66.1. The Morgan fingerprint density at radius 3 is 0.930 bits per heavy atom. The van der Waals surface area contributed by atoms with Crippen molar-refractivity contribution in [1.29, 1.82) is 0 Å². The molecule has 3 aromatic heterocycles. The quantitative estimate of drug-likeness (QED) is 0.0182. The summed E-state index contributed by atoms with van der Waals surface area (Å²) in [4.78, 5) is 94.3. The van der Waals surface area contributed by atoms with Crippen LogP contribution in [0.25, 0.3) is 0 Å². The summed E-state index contributed by atoms with van der Waals surface area (Å²) in [5, 5.41) is 12.4. The molecular weight excluding hydrogens is 1430 g/mol. The highest BCUT2D eigenvalue weighted by atomic mass is 16.2. The van der Waals surface area contributed by atoms with Crippen molar-refractivity contribution in [3.05, 3.63) is 378 Å². The molecule has 4 atom stereocenters. The number of unbranched alkanes of at least 4 members (excludes halogenated alkanes) is 12. The van der Waals surface area contributed by atoms with Crippen molar-refractivity contribution in [3.63, 3.8) is 0 Å². The zero-order valence-electron chi connectivity index (χ0n) is 66.1. The van der Waals surface area contributed by atoms with Gasteiger partial charge in [0.1, 0.15) is 40.8 Å². The third-order valence-electron chi connectivity index (χ3n) is 22.7. The topological polar surface area (TPSA) is 216 Å². The summed E-state index contributed by atoms with van der Waals surface area (Å²) in [5.41, 5.74) is 13.1. The molecular formula is C98H108N12O5. The fraction of sp³-hybridized carbons (Fsp3) is 0.306. The van der Waals surface area contributed by atoms with Crippen LogP contribution in [0.4, 0.5) is 0 Å². The molecule has 4 heterocycles. The maximum absolute atomic E-state index is 16.3. The maximum atomic E-state index is 16.3. The highest BCUT2D eigenvalue weighted by Gasteiger charge is 2.44. The number of imidazole rings is 3. The van der Waals surface area contributed by atoms with Gasteiger partial charge in [-0.3, -0.25) is 24.0 Å². The van der Waals surface area contributed by atoms with Crippen molar-refractivity contribution in [2.45, 2.75) is 170 Å². The molecule has 13 rings (SSSR count). The van der Waals surface area contributed by atoms with E-state index in [9.17, 15) is 9.59 Å². The largest absolute Gasteiger partial charge is 0.353 e. The van der Waals surface area contributed by atoms with Gasteiger partial charge in [-0.05, 0) is 69.3 Å². The van der Waals surface area contributed by atoms with Gasteiger partial charge < -0.3 is 45.6 Å². The maximum Gasteiger partial charge on any atom is 0.243 e. The van der Waals surface area contributed by atoms with E-state index in [0.29, 0.717) is 42.9 Å². The first-order valence-corrected chi connectivity index (χ1v) is 41.3. The molecule has 5 amide bonds. The molecule has 1 aliphatic rings. The Morgan fingerprint density at radius 1 is 0.374 bits per heavy atom. The van der Waals surface area contributed by atoms with Gasteiger partial charge in [0.15, 0.2) is 0 Å². The van der Waals surface area contributed by atoms with Crippen molar-refractivity contribution in [2.24, 2.45) is 5.73 Å². The molecule has 4 unspecified atom stereocenters. The second-order valence-corrected chi connectivity index (χ2v) is 30.4. The van der Waals surface area contributed by atoms with Crippen LogP contribution in [0, 0.1) is 0 Å². The van der Waals surface area contributed by atoms with E-state index < -0.39 is 64.4 Å². The monoisotopic (exact) mass is 1530 g/mol. The fourth-order valence-electron chi connectivity index (χ4n) is 17.1. The SMILES string of the molecule is CCCCCCCCCCCCCCCC(=O)N1CCCC1C(=O)NC(Cc1cn(C(c2ccccc2)(c2ccccc2)c2ccccc2)cn1)C(=O)NC(Cc1cn(C(c2ccccc2)(c2ccccc2)c2ccccc2)cn1)C(=O)NC(Cc1cn(C(c2ccccc2)(c2ccccc2)c2ccccc2)cn1)C(=O)NCCN. The van der Waals surface area contributed by atoms with Crippen LogP contribution < -0.4 is 27.0 Å². The predicted molar refractivity (Wildman–Crippen MR) is 455 cm³/mol. The Kier molecular flexibility index (Phi) is 28.2. The van der Waals surface area contributed by atoms with E-state index in [1.165, 1.54) is 57.8 Å². The Balaban J connectivity index is 0.862.